The van der Waals surface area contributed by atoms with Crippen molar-refractivity contribution >= 4 is 23.2 Å². The summed E-state index contributed by atoms with van der Waals surface area (Å²) in [6.07, 6.45) is 1.74. The fraction of sp³-hybridized carbons (Fsp3) is 0.300. The molecule has 0 radical (unpaired) electrons. The highest BCUT2D eigenvalue weighted by molar-refractivity contribution is 5.89. The lowest BCUT2D eigenvalue weighted by Crippen LogP contribution is -2.06. The molecule has 26 heavy (non-hydrogen) atoms. The summed E-state index contributed by atoms with van der Waals surface area (Å²) in [7, 11) is 0. The fourth-order valence-electron chi connectivity index (χ4n) is 2.26. The van der Waals surface area contributed by atoms with Crippen molar-refractivity contribution in [3.63, 3.8) is 0 Å². The zero-order valence-corrected chi connectivity index (χ0v) is 15.1. The van der Waals surface area contributed by atoms with Gasteiger partial charge in [0, 0.05) is 25.2 Å². The van der Waals surface area contributed by atoms with Crippen molar-refractivity contribution in [1.82, 2.24) is 0 Å². The molecule has 0 bridgehead atoms. The second-order valence-electron chi connectivity index (χ2n) is 5.82. The highest BCUT2D eigenvalue weighted by Crippen LogP contribution is 2.17. The average molecular weight is 356 g/mol. The molecule has 2 aromatic rings. The molecule has 0 spiro atoms. The largest absolute Gasteiger partial charge is 0.494 e. The smallest absolute Gasteiger partial charge is 0.221 e. The first kappa shape index (κ1) is 19.3. The Morgan fingerprint density at radius 2 is 1.04 bits per heavy atom. The van der Waals surface area contributed by atoms with Crippen LogP contribution < -0.4 is 20.1 Å². The summed E-state index contributed by atoms with van der Waals surface area (Å²) >= 11 is 0. The van der Waals surface area contributed by atoms with Crippen LogP contribution in [0.3, 0.4) is 0 Å². The van der Waals surface area contributed by atoms with Crippen LogP contribution in [0.5, 0.6) is 11.5 Å². The third kappa shape index (κ3) is 7.25. The number of hydrogen-bond acceptors (Lipinski definition) is 4. The maximum absolute atomic E-state index is 11.0. The highest BCUT2D eigenvalue weighted by Gasteiger charge is 1.99. The van der Waals surface area contributed by atoms with Gasteiger partial charge in [-0.1, -0.05) is 0 Å². The molecule has 0 fully saturated rings. The average Bonchev–Trinajstić information content (AvgIpc) is 2.60. The van der Waals surface area contributed by atoms with Crippen LogP contribution in [0.4, 0.5) is 11.4 Å². The molecular weight excluding hydrogens is 332 g/mol. The zero-order valence-electron chi connectivity index (χ0n) is 15.1. The van der Waals surface area contributed by atoms with E-state index in [1.165, 1.54) is 13.8 Å². The van der Waals surface area contributed by atoms with Crippen LogP contribution in [0.15, 0.2) is 48.5 Å². The molecule has 0 atom stereocenters. The van der Waals surface area contributed by atoms with Gasteiger partial charge in [-0.2, -0.15) is 0 Å². The number of hydrogen-bond donors (Lipinski definition) is 2. The van der Waals surface area contributed by atoms with Gasteiger partial charge in [-0.25, -0.2) is 0 Å². The van der Waals surface area contributed by atoms with Gasteiger partial charge in [0.25, 0.3) is 0 Å². The highest BCUT2D eigenvalue weighted by atomic mass is 16.5. The minimum absolute atomic E-state index is 0.0941. The lowest BCUT2D eigenvalue weighted by molar-refractivity contribution is -0.115. The molecule has 0 aromatic heterocycles. The fourth-order valence-corrected chi connectivity index (χ4v) is 2.26. The summed E-state index contributed by atoms with van der Waals surface area (Å²) in [5.41, 5.74) is 1.51. The minimum atomic E-state index is -0.0941. The maximum atomic E-state index is 11.0. The van der Waals surface area contributed by atoms with Crippen LogP contribution in [0.25, 0.3) is 0 Å². The van der Waals surface area contributed by atoms with Gasteiger partial charge in [0.05, 0.1) is 13.2 Å². The molecule has 2 aromatic carbocycles. The van der Waals surface area contributed by atoms with Crippen molar-refractivity contribution in [1.29, 1.82) is 0 Å². The minimum Gasteiger partial charge on any atom is -0.494 e. The summed E-state index contributed by atoms with van der Waals surface area (Å²) in [5, 5.41) is 5.43. The number of unbranched alkanes of at least 4 members (excludes halogenated alkanes) is 1. The molecule has 0 saturated heterocycles. The number of amides is 2. The monoisotopic (exact) mass is 356 g/mol. The topological polar surface area (TPSA) is 76.7 Å². The van der Waals surface area contributed by atoms with Gasteiger partial charge in [-0.15, -0.1) is 0 Å². The molecule has 0 aliphatic heterocycles. The van der Waals surface area contributed by atoms with Crippen LogP contribution in [0, 0.1) is 0 Å². The quantitative estimate of drug-likeness (QED) is 0.669. The van der Waals surface area contributed by atoms with Crippen molar-refractivity contribution in [2.45, 2.75) is 26.7 Å². The van der Waals surface area contributed by atoms with E-state index in [4.69, 9.17) is 9.47 Å². The number of carbonyl (C=O) groups excluding carboxylic acids is 2. The van der Waals surface area contributed by atoms with E-state index >= 15 is 0 Å². The Kier molecular flexibility index (Phi) is 7.49. The van der Waals surface area contributed by atoms with Crippen LogP contribution >= 0.6 is 0 Å². The van der Waals surface area contributed by atoms with Crippen LogP contribution in [-0.4, -0.2) is 25.0 Å². The van der Waals surface area contributed by atoms with Gasteiger partial charge >= 0.3 is 0 Å². The lowest BCUT2D eigenvalue weighted by atomic mass is 10.3. The summed E-state index contributed by atoms with van der Waals surface area (Å²) < 4.78 is 11.3. The van der Waals surface area contributed by atoms with Crippen molar-refractivity contribution in [2.75, 3.05) is 23.8 Å². The van der Waals surface area contributed by atoms with Gasteiger partial charge in [0.1, 0.15) is 11.5 Å². The van der Waals surface area contributed by atoms with Gasteiger partial charge in [-0.05, 0) is 61.4 Å². The molecule has 138 valence electrons. The third-order valence-corrected chi connectivity index (χ3v) is 3.43. The Morgan fingerprint density at radius 3 is 1.35 bits per heavy atom. The second-order valence-corrected chi connectivity index (χ2v) is 5.82. The molecule has 0 heterocycles. The van der Waals surface area contributed by atoms with E-state index in [2.05, 4.69) is 10.6 Å². The maximum Gasteiger partial charge on any atom is 0.221 e. The first-order chi connectivity index (χ1) is 12.5. The molecule has 6 heteroatoms. The SMILES string of the molecule is CC(=O)Nc1ccc(OCCCCOc2ccc(NC(C)=O)cc2)cc1. The number of carbonyl (C=O) groups is 2. The standard InChI is InChI=1S/C20H24N2O4/c1-15(23)21-17-5-9-19(10-6-17)25-13-3-4-14-26-20-11-7-18(8-12-20)22-16(2)24/h5-12H,3-4,13-14H2,1-2H3,(H,21,23)(H,22,24). The van der Waals surface area contributed by atoms with Crippen molar-refractivity contribution in [2.24, 2.45) is 0 Å². The normalized spacial score (nSPS) is 10.1. The Bertz CT molecular complexity index is 648. The molecule has 2 N–H and O–H groups in total. The Morgan fingerprint density at radius 1 is 0.692 bits per heavy atom. The zero-order chi connectivity index (χ0) is 18.8. The molecule has 0 aliphatic carbocycles. The molecular formula is C20H24N2O4. The van der Waals surface area contributed by atoms with Crippen LogP contribution in [-0.2, 0) is 9.59 Å². The van der Waals surface area contributed by atoms with Crippen molar-refractivity contribution in [3.05, 3.63) is 48.5 Å². The molecule has 0 aliphatic rings. The molecule has 2 amide bonds. The predicted molar refractivity (Wildman–Crippen MR) is 102 cm³/mol. The molecule has 2 rings (SSSR count). The van der Waals surface area contributed by atoms with E-state index in [-0.39, 0.29) is 11.8 Å². The first-order valence-electron chi connectivity index (χ1n) is 8.54. The van der Waals surface area contributed by atoms with E-state index in [9.17, 15) is 9.59 Å². The van der Waals surface area contributed by atoms with Crippen molar-refractivity contribution < 1.29 is 19.1 Å². The summed E-state index contributed by atoms with van der Waals surface area (Å²) in [6, 6.07) is 14.6. The number of benzene rings is 2. The van der Waals surface area contributed by atoms with E-state index in [0.29, 0.717) is 13.2 Å². The number of nitrogens with one attached hydrogen (secondary N) is 2. The third-order valence-electron chi connectivity index (χ3n) is 3.43. The predicted octanol–water partition coefficient (Wildman–Crippen LogP) is 3.84. The number of ether oxygens (including phenoxy) is 2. The lowest BCUT2D eigenvalue weighted by Gasteiger charge is -2.09. The Labute approximate surface area is 153 Å². The summed E-state index contributed by atoms with van der Waals surface area (Å²) in [4.78, 5) is 21.9. The molecule has 0 unspecified atom stereocenters. The number of rotatable bonds is 9. The van der Waals surface area contributed by atoms with E-state index < -0.39 is 0 Å². The van der Waals surface area contributed by atoms with Gasteiger partial charge in [0.15, 0.2) is 0 Å². The Hall–Kier alpha value is -3.02. The van der Waals surface area contributed by atoms with Gasteiger partial charge in [-0.3, -0.25) is 9.59 Å². The first-order valence-corrected chi connectivity index (χ1v) is 8.54. The molecule has 6 nitrogen and oxygen atoms in total. The van der Waals surface area contributed by atoms with Crippen molar-refractivity contribution in [3.8, 4) is 11.5 Å². The van der Waals surface area contributed by atoms with Crippen LogP contribution in [0.2, 0.25) is 0 Å². The molecule has 0 saturated carbocycles. The summed E-state index contributed by atoms with van der Waals surface area (Å²) in [5.74, 6) is 1.36. The second kappa shape index (κ2) is 10.1. The van der Waals surface area contributed by atoms with E-state index in [0.717, 1.165) is 35.7 Å². The number of anilines is 2. The van der Waals surface area contributed by atoms with Gasteiger partial charge in [0.2, 0.25) is 11.8 Å². The van der Waals surface area contributed by atoms with Gasteiger partial charge < -0.3 is 20.1 Å². The Balaban J connectivity index is 1.60. The van der Waals surface area contributed by atoms with Crippen LogP contribution in [0.1, 0.15) is 26.7 Å². The summed E-state index contributed by atoms with van der Waals surface area (Å²) in [6.45, 7) is 4.16. The van der Waals surface area contributed by atoms with E-state index in [1.54, 1.807) is 0 Å². The van der Waals surface area contributed by atoms with E-state index in [1.807, 2.05) is 48.5 Å².